The number of halogens is 1. The van der Waals surface area contributed by atoms with Crippen molar-refractivity contribution in [3.8, 4) is 39.6 Å². The smallest absolute Gasteiger partial charge is 0.354 e. The molecule has 2 aromatic carbocycles. The summed E-state index contributed by atoms with van der Waals surface area (Å²) in [5, 5.41) is 10.1. The molecule has 1 aromatic heterocycles. The highest BCUT2D eigenvalue weighted by Gasteiger charge is 2.24. The van der Waals surface area contributed by atoms with Gasteiger partial charge in [0.05, 0.1) is 30.5 Å². The highest BCUT2D eigenvalue weighted by molar-refractivity contribution is 6.32. The monoisotopic (exact) mass is 468 g/mol. The predicted molar refractivity (Wildman–Crippen MR) is 127 cm³/mol. The molecular formula is C25H25ClN2O5. The van der Waals surface area contributed by atoms with Crippen LogP contribution >= 0.6 is 11.6 Å². The van der Waals surface area contributed by atoms with E-state index in [9.17, 15) is 9.90 Å². The normalized spacial score (nSPS) is 15.9. The minimum Gasteiger partial charge on any atom is -0.496 e. The first-order chi connectivity index (χ1) is 15.9. The van der Waals surface area contributed by atoms with Crippen LogP contribution in [0.2, 0.25) is 5.02 Å². The topological polar surface area (TPSA) is 81.1 Å². The summed E-state index contributed by atoms with van der Waals surface area (Å²) in [5.41, 5.74) is 2.41. The Morgan fingerprint density at radius 1 is 1.09 bits per heavy atom. The van der Waals surface area contributed by atoms with E-state index in [1.807, 2.05) is 18.2 Å². The van der Waals surface area contributed by atoms with Crippen molar-refractivity contribution in [1.82, 2.24) is 9.88 Å². The Balaban J connectivity index is 1.87. The van der Waals surface area contributed by atoms with Gasteiger partial charge >= 0.3 is 5.97 Å². The van der Waals surface area contributed by atoms with E-state index < -0.39 is 5.97 Å². The third-order valence-corrected chi connectivity index (χ3v) is 5.97. The molecule has 0 bridgehead atoms. The SMILES string of the molecule is COc1cccc(OC)c1-c1ccc(C(=O)O)nc1-c1ccc(Cl)c(O[C@@H]2CCN(C)C2)c1. The second kappa shape index (κ2) is 9.68. The van der Waals surface area contributed by atoms with Gasteiger partial charge in [-0.25, -0.2) is 9.78 Å². The third kappa shape index (κ3) is 4.74. The van der Waals surface area contributed by atoms with Crippen molar-refractivity contribution in [2.45, 2.75) is 12.5 Å². The number of pyridine rings is 1. The Kier molecular flexibility index (Phi) is 6.72. The zero-order valence-electron chi connectivity index (χ0n) is 18.7. The molecule has 8 heteroatoms. The van der Waals surface area contributed by atoms with E-state index in [4.69, 9.17) is 25.8 Å². The number of carbonyl (C=O) groups is 1. The molecule has 7 nitrogen and oxygen atoms in total. The molecular weight excluding hydrogens is 444 g/mol. The number of hydrogen-bond acceptors (Lipinski definition) is 6. The van der Waals surface area contributed by atoms with E-state index in [2.05, 4.69) is 16.9 Å². The lowest BCUT2D eigenvalue weighted by molar-refractivity contribution is 0.0690. The van der Waals surface area contributed by atoms with E-state index in [0.29, 0.717) is 44.7 Å². The molecule has 1 saturated heterocycles. The number of aromatic carboxylic acids is 1. The van der Waals surface area contributed by atoms with Gasteiger partial charge in [-0.15, -0.1) is 0 Å². The van der Waals surface area contributed by atoms with Crippen LogP contribution in [0.25, 0.3) is 22.4 Å². The van der Waals surface area contributed by atoms with Crippen LogP contribution < -0.4 is 14.2 Å². The van der Waals surface area contributed by atoms with Gasteiger partial charge < -0.3 is 24.2 Å². The number of aromatic nitrogens is 1. The summed E-state index contributed by atoms with van der Waals surface area (Å²) < 4.78 is 17.3. The Labute approximate surface area is 197 Å². The van der Waals surface area contributed by atoms with Crippen molar-refractivity contribution in [3.63, 3.8) is 0 Å². The van der Waals surface area contributed by atoms with E-state index in [1.54, 1.807) is 38.5 Å². The van der Waals surface area contributed by atoms with Gasteiger partial charge in [0.25, 0.3) is 0 Å². The third-order valence-electron chi connectivity index (χ3n) is 5.66. The average Bonchev–Trinajstić information content (AvgIpc) is 3.24. The molecule has 1 fully saturated rings. The van der Waals surface area contributed by atoms with E-state index in [0.717, 1.165) is 19.5 Å². The fourth-order valence-electron chi connectivity index (χ4n) is 4.03. The molecule has 172 valence electrons. The molecule has 33 heavy (non-hydrogen) atoms. The summed E-state index contributed by atoms with van der Waals surface area (Å²) in [5.74, 6) is 0.587. The van der Waals surface area contributed by atoms with Crippen molar-refractivity contribution in [1.29, 1.82) is 0 Å². The van der Waals surface area contributed by atoms with Crippen LogP contribution in [0.3, 0.4) is 0 Å². The summed E-state index contributed by atoms with van der Waals surface area (Å²) in [6.07, 6.45) is 0.947. The Morgan fingerprint density at radius 2 is 1.82 bits per heavy atom. The number of likely N-dealkylation sites (tertiary alicyclic amines) is 1. The summed E-state index contributed by atoms with van der Waals surface area (Å²) >= 11 is 6.44. The highest BCUT2D eigenvalue weighted by atomic mass is 35.5. The molecule has 0 spiro atoms. The number of ether oxygens (including phenoxy) is 3. The summed E-state index contributed by atoms with van der Waals surface area (Å²) in [6.45, 7) is 1.78. The molecule has 1 N–H and O–H groups in total. The van der Waals surface area contributed by atoms with Crippen LogP contribution in [0.15, 0.2) is 48.5 Å². The number of rotatable bonds is 7. The maximum absolute atomic E-state index is 11.7. The number of carboxylic acids is 1. The maximum Gasteiger partial charge on any atom is 0.354 e. The van der Waals surface area contributed by atoms with Crippen LogP contribution in [0, 0.1) is 0 Å². The Hall–Kier alpha value is -3.29. The predicted octanol–water partition coefficient (Wildman–Crippen LogP) is 4.87. The second-order valence-corrected chi connectivity index (χ2v) is 8.28. The fraction of sp³-hybridized carbons (Fsp3) is 0.280. The first-order valence-electron chi connectivity index (χ1n) is 10.5. The molecule has 0 radical (unpaired) electrons. The molecule has 1 aliphatic rings. The van der Waals surface area contributed by atoms with Crippen molar-refractivity contribution < 1.29 is 24.1 Å². The maximum atomic E-state index is 11.7. The lowest BCUT2D eigenvalue weighted by Crippen LogP contribution is -2.21. The van der Waals surface area contributed by atoms with Gasteiger partial charge in [0.1, 0.15) is 29.0 Å². The molecule has 0 aliphatic carbocycles. The zero-order valence-corrected chi connectivity index (χ0v) is 19.4. The van der Waals surface area contributed by atoms with Crippen molar-refractivity contribution in [3.05, 3.63) is 59.2 Å². The van der Waals surface area contributed by atoms with Crippen LogP contribution in [0.4, 0.5) is 0 Å². The van der Waals surface area contributed by atoms with Crippen molar-refractivity contribution in [2.75, 3.05) is 34.4 Å². The summed E-state index contributed by atoms with van der Waals surface area (Å²) in [6, 6.07) is 14.0. The van der Waals surface area contributed by atoms with Crippen LogP contribution in [0.5, 0.6) is 17.2 Å². The van der Waals surface area contributed by atoms with Gasteiger partial charge in [-0.2, -0.15) is 0 Å². The van der Waals surface area contributed by atoms with E-state index >= 15 is 0 Å². The molecule has 4 rings (SSSR count). The van der Waals surface area contributed by atoms with Gasteiger partial charge in [-0.1, -0.05) is 23.7 Å². The summed E-state index contributed by atoms with van der Waals surface area (Å²) in [4.78, 5) is 18.4. The highest BCUT2D eigenvalue weighted by Crippen LogP contribution is 2.43. The number of nitrogens with zero attached hydrogens (tertiary/aromatic N) is 2. The van der Waals surface area contributed by atoms with Crippen molar-refractivity contribution >= 4 is 17.6 Å². The van der Waals surface area contributed by atoms with Gasteiger partial charge in [0.2, 0.25) is 0 Å². The number of benzene rings is 2. The first kappa shape index (κ1) is 22.9. The second-order valence-electron chi connectivity index (χ2n) is 7.87. The Bertz CT molecular complexity index is 1160. The minimum atomic E-state index is -1.12. The van der Waals surface area contributed by atoms with Gasteiger partial charge in [0, 0.05) is 24.2 Å². The number of carboxylic acid groups (broad SMARTS) is 1. The number of methoxy groups -OCH3 is 2. The standard InChI is InChI=1S/C25H25ClN2O5/c1-28-12-11-16(14-28)33-22-13-15(7-9-18(22)26)24-17(8-10-19(27-24)25(29)30)23-20(31-2)5-4-6-21(23)32-3/h4-10,13,16H,11-12,14H2,1-3H3,(H,29,30)/t16-/m1/s1. The minimum absolute atomic E-state index is 0.0369. The Morgan fingerprint density at radius 3 is 2.42 bits per heavy atom. The largest absolute Gasteiger partial charge is 0.496 e. The molecule has 1 atom stereocenters. The lowest BCUT2D eigenvalue weighted by atomic mass is 9.97. The van der Waals surface area contributed by atoms with Gasteiger partial charge in [0.15, 0.2) is 0 Å². The van der Waals surface area contributed by atoms with Gasteiger partial charge in [-0.05, 0) is 49.9 Å². The number of likely N-dealkylation sites (N-methyl/N-ethyl adjacent to an activating group) is 1. The first-order valence-corrected chi connectivity index (χ1v) is 10.9. The molecule has 2 heterocycles. The van der Waals surface area contributed by atoms with E-state index in [-0.39, 0.29) is 11.8 Å². The fourth-order valence-corrected chi connectivity index (χ4v) is 4.19. The van der Waals surface area contributed by atoms with Crippen molar-refractivity contribution in [2.24, 2.45) is 0 Å². The zero-order chi connectivity index (χ0) is 23.5. The molecule has 0 saturated carbocycles. The quantitative estimate of drug-likeness (QED) is 0.530. The molecule has 3 aromatic rings. The van der Waals surface area contributed by atoms with E-state index in [1.165, 1.54) is 6.07 Å². The molecule has 0 amide bonds. The lowest BCUT2D eigenvalue weighted by Gasteiger charge is -2.18. The van der Waals surface area contributed by atoms with Crippen LogP contribution in [-0.2, 0) is 0 Å². The molecule has 1 aliphatic heterocycles. The van der Waals surface area contributed by atoms with Gasteiger partial charge in [-0.3, -0.25) is 0 Å². The van der Waals surface area contributed by atoms with Crippen LogP contribution in [0.1, 0.15) is 16.9 Å². The average molecular weight is 469 g/mol. The number of hydrogen-bond donors (Lipinski definition) is 1. The summed E-state index contributed by atoms with van der Waals surface area (Å²) in [7, 11) is 5.20. The molecule has 0 unspecified atom stereocenters. The van der Waals surface area contributed by atoms with Crippen LogP contribution in [-0.4, -0.2) is 61.4 Å².